The van der Waals surface area contributed by atoms with Gasteiger partial charge in [0.1, 0.15) is 5.75 Å². The van der Waals surface area contributed by atoms with Crippen LogP contribution in [-0.4, -0.2) is 29.8 Å². The smallest absolute Gasteiger partial charge is 0.261 e. The fraction of sp³-hybridized carbons (Fsp3) is 0.160. The lowest BCUT2D eigenvalue weighted by Crippen LogP contribution is -2.12. The van der Waals surface area contributed by atoms with Gasteiger partial charge in [-0.2, -0.15) is 0 Å². The van der Waals surface area contributed by atoms with Crippen LogP contribution in [0.15, 0.2) is 84.9 Å². The fourth-order valence-electron chi connectivity index (χ4n) is 3.56. The summed E-state index contributed by atoms with van der Waals surface area (Å²) < 4.78 is 5.25. The molecule has 4 aromatic rings. The molecule has 4 rings (SSSR count). The largest absolute Gasteiger partial charge is 0.496 e. The number of carbonyl (C=O) groups excluding carboxylic acids is 1. The fourth-order valence-corrected chi connectivity index (χ4v) is 4.23. The molecule has 0 bridgehead atoms. The van der Waals surface area contributed by atoms with Gasteiger partial charge in [-0.1, -0.05) is 84.1 Å². The number of anilines is 2. The number of nitrogens with zero attached hydrogens (tertiary/aromatic N) is 2. The van der Waals surface area contributed by atoms with E-state index in [0.717, 1.165) is 13.0 Å². The number of carbonyl (C=O) groups is 1. The predicted molar refractivity (Wildman–Crippen MR) is 129 cm³/mol. The molecule has 0 aliphatic rings. The molecule has 1 heterocycles. The molecule has 0 atom stereocenters. The van der Waals surface area contributed by atoms with Crippen molar-refractivity contribution >= 4 is 27.5 Å². The molecule has 1 amide bonds. The Morgan fingerprint density at radius 2 is 1.47 bits per heavy atom. The lowest BCUT2D eigenvalue weighted by Gasteiger charge is -2.18. The molecular formula is C25H24N4O2S. The molecule has 1 aromatic heterocycles. The van der Waals surface area contributed by atoms with Crippen LogP contribution in [0.25, 0.3) is 0 Å². The van der Waals surface area contributed by atoms with Crippen molar-refractivity contribution in [1.82, 2.24) is 10.2 Å². The molecule has 0 saturated heterocycles. The highest BCUT2D eigenvalue weighted by molar-refractivity contribution is 7.19. The second kappa shape index (κ2) is 10.5. The van der Waals surface area contributed by atoms with Gasteiger partial charge in [-0.15, -0.1) is 10.2 Å². The van der Waals surface area contributed by atoms with E-state index >= 15 is 0 Å². The van der Waals surface area contributed by atoms with Crippen LogP contribution >= 0.6 is 11.3 Å². The number of rotatable bonds is 9. The molecule has 3 aromatic carbocycles. The second-order valence-corrected chi connectivity index (χ2v) is 8.13. The number of methoxy groups -OCH3 is 1. The Balaban J connectivity index is 1.38. The van der Waals surface area contributed by atoms with Crippen LogP contribution in [0, 0.1) is 0 Å². The van der Waals surface area contributed by atoms with E-state index in [9.17, 15) is 4.79 Å². The standard InChI is InChI=1S/C25H24N4O2S/c1-31-22-15-9-8-14-21(22)23(30)27-25-29-28-24(32-25)26-17-16-20(18-10-4-2-5-11-18)19-12-6-3-7-13-19/h2-15,20H,16-17H2,1H3,(H,26,28)(H,27,29,30). The van der Waals surface area contributed by atoms with Gasteiger partial charge in [-0.25, -0.2) is 0 Å². The summed E-state index contributed by atoms with van der Waals surface area (Å²) >= 11 is 1.31. The summed E-state index contributed by atoms with van der Waals surface area (Å²) in [6, 6.07) is 28.1. The summed E-state index contributed by atoms with van der Waals surface area (Å²) in [6.07, 6.45) is 0.899. The molecule has 0 aliphatic carbocycles. The first-order valence-electron chi connectivity index (χ1n) is 10.4. The zero-order valence-electron chi connectivity index (χ0n) is 17.7. The zero-order valence-corrected chi connectivity index (χ0v) is 18.5. The Hall–Kier alpha value is -3.71. The maximum absolute atomic E-state index is 12.5. The average molecular weight is 445 g/mol. The van der Waals surface area contributed by atoms with Gasteiger partial charge in [0, 0.05) is 12.5 Å². The van der Waals surface area contributed by atoms with Crippen LogP contribution in [0.4, 0.5) is 10.3 Å². The van der Waals surface area contributed by atoms with E-state index in [-0.39, 0.29) is 11.8 Å². The normalized spacial score (nSPS) is 10.7. The first kappa shape index (κ1) is 21.5. The van der Waals surface area contributed by atoms with Crippen molar-refractivity contribution < 1.29 is 9.53 Å². The van der Waals surface area contributed by atoms with Crippen molar-refractivity contribution in [2.45, 2.75) is 12.3 Å². The van der Waals surface area contributed by atoms with Gasteiger partial charge in [-0.3, -0.25) is 10.1 Å². The second-order valence-electron chi connectivity index (χ2n) is 7.16. The molecular weight excluding hydrogens is 420 g/mol. The highest BCUT2D eigenvalue weighted by atomic mass is 32.1. The summed E-state index contributed by atoms with van der Waals surface area (Å²) in [5.74, 6) is 0.515. The SMILES string of the molecule is COc1ccccc1C(=O)Nc1nnc(NCCC(c2ccccc2)c2ccccc2)s1. The number of amides is 1. The third-order valence-corrected chi connectivity index (χ3v) is 5.91. The van der Waals surface area contributed by atoms with Gasteiger partial charge < -0.3 is 10.1 Å². The highest BCUT2D eigenvalue weighted by Gasteiger charge is 2.16. The Morgan fingerprint density at radius 1 is 0.875 bits per heavy atom. The van der Waals surface area contributed by atoms with E-state index in [1.165, 1.54) is 29.6 Å². The van der Waals surface area contributed by atoms with Crippen LogP contribution in [0.5, 0.6) is 5.75 Å². The average Bonchev–Trinajstić information content (AvgIpc) is 3.30. The molecule has 0 aliphatic heterocycles. The summed E-state index contributed by atoms with van der Waals surface area (Å²) in [6.45, 7) is 0.726. The van der Waals surface area contributed by atoms with Crippen molar-refractivity contribution in [3.63, 3.8) is 0 Å². The van der Waals surface area contributed by atoms with Crippen molar-refractivity contribution in [2.75, 3.05) is 24.3 Å². The molecule has 7 heteroatoms. The molecule has 0 fully saturated rings. The van der Waals surface area contributed by atoms with Crippen LogP contribution in [0.3, 0.4) is 0 Å². The predicted octanol–water partition coefficient (Wildman–Crippen LogP) is 5.43. The molecule has 0 saturated carbocycles. The first-order chi connectivity index (χ1) is 15.7. The summed E-state index contributed by atoms with van der Waals surface area (Å²) in [4.78, 5) is 12.5. The summed E-state index contributed by atoms with van der Waals surface area (Å²) in [5.41, 5.74) is 3.01. The number of para-hydroxylation sites is 1. The van der Waals surface area contributed by atoms with Crippen molar-refractivity contribution in [1.29, 1.82) is 0 Å². The van der Waals surface area contributed by atoms with E-state index in [2.05, 4.69) is 69.4 Å². The third kappa shape index (κ3) is 5.31. The van der Waals surface area contributed by atoms with Crippen molar-refractivity contribution in [3.8, 4) is 5.75 Å². The Labute approximate surface area is 191 Å². The molecule has 2 N–H and O–H groups in total. The maximum Gasteiger partial charge on any atom is 0.261 e. The summed E-state index contributed by atoms with van der Waals surface area (Å²) in [7, 11) is 1.54. The molecule has 32 heavy (non-hydrogen) atoms. The highest BCUT2D eigenvalue weighted by Crippen LogP contribution is 2.28. The van der Waals surface area contributed by atoms with E-state index in [1.54, 1.807) is 18.2 Å². The Morgan fingerprint density at radius 3 is 2.12 bits per heavy atom. The first-order valence-corrected chi connectivity index (χ1v) is 11.2. The third-order valence-electron chi connectivity index (χ3n) is 5.11. The minimum Gasteiger partial charge on any atom is -0.496 e. The van der Waals surface area contributed by atoms with Gasteiger partial charge in [0.05, 0.1) is 12.7 Å². The number of hydrogen-bond donors (Lipinski definition) is 2. The van der Waals surface area contributed by atoms with Gasteiger partial charge >= 0.3 is 0 Å². The molecule has 6 nitrogen and oxygen atoms in total. The Kier molecular flexibility index (Phi) is 7.09. The van der Waals surface area contributed by atoms with Gasteiger partial charge in [0.2, 0.25) is 10.3 Å². The number of ether oxygens (including phenoxy) is 1. The van der Waals surface area contributed by atoms with E-state index in [1.807, 2.05) is 18.2 Å². The van der Waals surface area contributed by atoms with Crippen LogP contribution in [-0.2, 0) is 0 Å². The molecule has 0 spiro atoms. The lowest BCUT2D eigenvalue weighted by molar-refractivity contribution is 0.102. The zero-order chi connectivity index (χ0) is 22.2. The number of benzene rings is 3. The quantitative estimate of drug-likeness (QED) is 0.360. The van der Waals surface area contributed by atoms with Gasteiger partial charge in [-0.05, 0) is 29.7 Å². The lowest BCUT2D eigenvalue weighted by atomic mass is 9.88. The maximum atomic E-state index is 12.5. The van der Waals surface area contributed by atoms with Crippen molar-refractivity contribution in [2.24, 2.45) is 0 Å². The van der Waals surface area contributed by atoms with Crippen LogP contribution < -0.4 is 15.4 Å². The van der Waals surface area contributed by atoms with Gasteiger partial charge in [0.25, 0.3) is 5.91 Å². The molecule has 0 radical (unpaired) electrons. The number of hydrogen-bond acceptors (Lipinski definition) is 6. The Bertz CT molecular complexity index is 1110. The van der Waals surface area contributed by atoms with E-state index in [4.69, 9.17) is 4.74 Å². The number of aromatic nitrogens is 2. The monoisotopic (exact) mass is 444 g/mol. The summed E-state index contributed by atoms with van der Waals surface area (Å²) in [5, 5.41) is 15.5. The molecule has 0 unspecified atom stereocenters. The minimum absolute atomic E-state index is 0.279. The van der Waals surface area contributed by atoms with Gasteiger partial charge in [0.15, 0.2) is 0 Å². The topological polar surface area (TPSA) is 76.1 Å². The van der Waals surface area contributed by atoms with E-state index in [0.29, 0.717) is 21.6 Å². The van der Waals surface area contributed by atoms with Crippen molar-refractivity contribution in [3.05, 3.63) is 102 Å². The van der Waals surface area contributed by atoms with Crippen LogP contribution in [0.2, 0.25) is 0 Å². The van der Waals surface area contributed by atoms with Crippen LogP contribution in [0.1, 0.15) is 33.8 Å². The minimum atomic E-state index is -0.279. The number of nitrogens with one attached hydrogen (secondary N) is 2. The van der Waals surface area contributed by atoms with E-state index < -0.39 is 0 Å². The molecule has 162 valence electrons.